The molecule has 1 fully saturated rings. The molecule has 5 nitrogen and oxygen atoms in total. The molecule has 0 aromatic heterocycles. The largest absolute Gasteiger partial charge is 0.394 e. The van der Waals surface area contributed by atoms with Gasteiger partial charge in [0.05, 0.1) is 18.2 Å². The summed E-state index contributed by atoms with van der Waals surface area (Å²) < 4.78 is 0. The number of carbonyl (C=O) groups excluding carboxylic acids is 1. The molecule has 2 rings (SSSR count). The van der Waals surface area contributed by atoms with Gasteiger partial charge in [0.15, 0.2) is 0 Å². The van der Waals surface area contributed by atoms with Crippen molar-refractivity contribution in [3.63, 3.8) is 0 Å². The van der Waals surface area contributed by atoms with E-state index in [1.54, 1.807) is 29.2 Å². The van der Waals surface area contributed by atoms with Crippen LogP contribution in [0.5, 0.6) is 0 Å². The summed E-state index contributed by atoms with van der Waals surface area (Å²) in [6, 6.07) is 8.40. The molecule has 1 amide bonds. The van der Waals surface area contributed by atoms with E-state index in [9.17, 15) is 9.90 Å². The fourth-order valence-electron chi connectivity index (χ4n) is 2.33. The van der Waals surface area contributed by atoms with Crippen LogP contribution in [0, 0.1) is 11.3 Å². The number of aliphatic hydroxyl groups is 1. The zero-order valence-electron chi connectivity index (χ0n) is 11.1. The van der Waals surface area contributed by atoms with E-state index in [0.29, 0.717) is 17.8 Å². The Hall–Kier alpha value is -1.90. The fourth-order valence-corrected chi connectivity index (χ4v) is 2.33. The van der Waals surface area contributed by atoms with E-state index in [0.717, 1.165) is 0 Å². The minimum absolute atomic E-state index is 0.170. The van der Waals surface area contributed by atoms with Gasteiger partial charge in [-0.15, -0.1) is 0 Å². The summed E-state index contributed by atoms with van der Waals surface area (Å²) in [5, 5.41) is 21.3. The number of nitriles is 1. The molecule has 1 aliphatic heterocycles. The van der Waals surface area contributed by atoms with Gasteiger partial charge in [-0.05, 0) is 32.0 Å². The quantitative estimate of drug-likeness (QED) is 0.817. The van der Waals surface area contributed by atoms with E-state index in [-0.39, 0.29) is 18.1 Å². The number of aliphatic hydroxyl groups excluding tert-OH is 1. The van der Waals surface area contributed by atoms with Gasteiger partial charge in [0, 0.05) is 17.8 Å². The lowest BCUT2D eigenvalue weighted by Gasteiger charge is -2.42. The first-order valence-corrected chi connectivity index (χ1v) is 6.17. The van der Waals surface area contributed by atoms with Crippen LogP contribution in [0.2, 0.25) is 0 Å². The first-order valence-electron chi connectivity index (χ1n) is 6.17. The lowest BCUT2D eigenvalue weighted by Crippen LogP contribution is -2.66. The van der Waals surface area contributed by atoms with Gasteiger partial charge in [0.1, 0.15) is 6.04 Å². The van der Waals surface area contributed by atoms with Crippen LogP contribution < -0.4 is 10.2 Å². The standard InChI is InChI=1S/C14H17N3O2/c1-14(2)9-17(13(19)12(8-18)16-14)11-5-3-4-10(6-11)7-15/h3-6,12,16,18H,8-9H2,1-2H3. The van der Waals surface area contributed by atoms with E-state index in [4.69, 9.17) is 5.26 Å². The molecule has 1 atom stereocenters. The second kappa shape index (κ2) is 5.00. The number of nitrogens with zero attached hydrogens (tertiary/aromatic N) is 2. The molecule has 2 N–H and O–H groups in total. The molecule has 0 spiro atoms. The molecule has 1 aromatic rings. The van der Waals surface area contributed by atoms with Crippen molar-refractivity contribution in [2.75, 3.05) is 18.1 Å². The number of piperazine rings is 1. The SMILES string of the molecule is CC1(C)CN(c2cccc(C#N)c2)C(=O)C(CO)N1. The first-order chi connectivity index (χ1) is 8.96. The summed E-state index contributed by atoms with van der Waals surface area (Å²) in [5.41, 5.74) is 0.920. The number of carbonyl (C=O) groups is 1. The maximum atomic E-state index is 12.3. The van der Waals surface area contributed by atoms with Gasteiger partial charge in [0.25, 0.3) is 0 Å². The Morgan fingerprint density at radius 3 is 2.95 bits per heavy atom. The fraction of sp³-hybridized carbons (Fsp3) is 0.429. The molecule has 1 heterocycles. The lowest BCUT2D eigenvalue weighted by molar-refractivity contribution is -0.124. The highest BCUT2D eigenvalue weighted by Gasteiger charge is 2.38. The molecule has 0 bridgehead atoms. The van der Waals surface area contributed by atoms with Crippen LogP contribution in [-0.4, -0.2) is 35.7 Å². The summed E-state index contributed by atoms with van der Waals surface area (Å²) >= 11 is 0. The third-order valence-corrected chi connectivity index (χ3v) is 3.15. The molecule has 1 unspecified atom stereocenters. The van der Waals surface area contributed by atoms with Gasteiger partial charge in [-0.1, -0.05) is 6.07 Å². The van der Waals surface area contributed by atoms with Crippen LogP contribution in [0.3, 0.4) is 0 Å². The Kier molecular flexibility index (Phi) is 3.56. The zero-order chi connectivity index (χ0) is 14.0. The molecule has 100 valence electrons. The van der Waals surface area contributed by atoms with E-state index in [1.807, 2.05) is 13.8 Å². The predicted molar refractivity (Wildman–Crippen MR) is 71.6 cm³/mol. The number of hydrogen-bond donors (Lipinski definition) is 2. The van der Waals surface area contributed by atoms with Gasteiger partial charge >= 0.3 is 0 Å². The summed E-state index contributed by atoms with van der Waals surface area (Å²) in [7, 11) is 0. The van der Waals surface area contributed by atoms with E-state index in [2.05, 4.69) is 11.4 Å². The van der Waals surface area contributed by atoms with Crippen molar-refractivity contribution < 1.29 is 9.90 Å². The zero-order valence-corrected chi connectivity index (χ0v) is 11.1. The van der Waals surface area contributed by atoms with Gasteiger partial charge in [-0.3, -0.25) is 10.1 Å². The summed E-state index contributed by atoms with van der Waals surface area (Å²) in [4.78, 5) is 13.9. The molecule has 0 saturated carbocycles. The Balaban J connectivity index is 2.36. The third kappa shape index (κ3) is 2.75. The maximum Gasteiger partial charge on any atom is 0.246 e. The van der Waals surface area contributed by atoms with E-state index in [1.165, 1.54) is 0 Å². The molecule has 1 aliphatic rings. The number of hydrogen-bond acceptors (Lipinski definition) is 4. The Bertz CT molecular complexity index is 534. The van der Waals surface area contributed by atoms with Crippen molar-refractivity contribution >= 4 is 11.6 Å². The van der Waals surface area contributed by atoms with E-state index >= 15 is 0 Å². The summed E-state index contributed by atoms with van der Waals surface area (Å²) in [5.74, 6) is -0.170. The van der Waals surface area contributed by atoms with Crippen LogP contribution in [-0.2, 0) is 4.79 Å². The summed E-state index contributed by atoms with van der Waals surface area (Å²) in [6.45, 7) is 4.21. The van der Waals surface area contributed by atoms with Crippen molar-refractivity contribution in [2.45, 2.75) is 25.4 Å². The van der Waals surface area contributed by atoms with Crippen LogP contribution in [0.1, 0.15) is 19.4 Å². The molecule has 0 radical (unpaired) electrons. The smallest absolute Gasteiger partial charge is 0.246 e. The number of nitrogens with one attached hydrogen (secondary N) is 1. The highest BCUT2D eigenvalue weighted by Crippen LogP contribution is 2.23. The minimum atomic E-state index is -0.602. The number of rotatable bonds is 2. The van der Waals surface area contributed by atoms with Crippen LogP contribution in [0.4, 0.5) is 5.69 Å². The Morgan fingerprint density at radius 1 is 1.58 bits per heavy atom. The van der Waals surface area contributed by atoms with Crippen LogP contribution >= 0.6 is 0 Å². The maximum absolute atomic E-state index is 12.3. The van der Waals surface area contributed by atoms with Gasteiger partial charge in [-0.2, -0.15) is 5.26 Å². The number of anilines is 1. The molecular formula is C14H17N3O2. The average Bonchev–Trinajstić information content (AvgIpc) is 2.41. The highest BCUT2D eigenvalue weighted by molar-refractivity contribution is 5.98. The highest BCUT2D eigenvalue weighted by atomic mass is 16.3. The lowest BCUT2D eigenvalue weighted by atomic mass is 9.97. The van der Waals surface area contributed by atoms with Gasteiger partial charge in [-0.25, -0.2) is 0 Å². The monoisotopic (exact) mass is 259 g/mol. The van der Waals surface area contributed by atoms with Crippen molar-refractivity contribution in [2.24, 2.45) is 0 Å². The average molecular weight is 259 g/mol. The van der Waals surface area contributed by atoms with Gasteiger partial charge < -0.3 is 10.0 Å². The molecular weight excluding hydrogens is 242 g/mol. The predicted octanol–water partition coefficient (Wildman–Crippen LogP) is 0.634. The third-order valence-electron chi connectivity index (χ3n) is 3.15. The molecule has 1 aromatic carbocycles. The topological polar surface area (TPSA) is 76.4 Å². The number of benzene rings is 1. The van der Waals surface area contributed by atoms with Crippen molar-refractivity contribution in [1.29, 1.82) is 5.26 Å². The van der Waals surface area contributed by atoms with Crippen molar-refractivity contribution in [3.05, 3.63) is 29.8 Å². The first kappa shape index (κ1) is 13.5. The second-order valence-electron chi connectivity index (χ2n) is 5.35. The van der Waals surface area contributed by atoms with Crippen molar-refractivity contribution in [3.8, 4) is 6.07 Å². The Morgan fingerprint density at radius 2 is 2.32 bits per heavy atom. The molecule has 5 heteroatoms. The van der Waals surface area contributed by atoms with Gasteiger partial charge in [0.2, 0.25) is 5.91 Å². The second-order valence-corrected chi connectivity index (χ2v) is 5.35. The Labute approximate surface area is 112 Å². The minimum Gasteiger partial charge on any atom is -0.394 e. The summed E-state index contributed by atoms with van der Waals surface area (Å²) in [6.07, 6.45) is 0. The molecule has 19 heavy (non-hydrogen) atoms. The van der Waals surface area contributed by atoms with Crippen molar-refractivity contribution in [1.82, 2.24) is 5.32 Å². The number of amides is 1. The molecule has 1 saturated heterocycles. The normalized spacial score (nSPS) is 22.1. The van der Waals surface area contributed by atoms with Crippen LogP contribution in [0.25, 0.3) is 0 Å². The van der Waals surface area contributed by atoms with Crippen LogP contribution in [0.15, 0.2) is 24.3 Å². The van der Waals surface area contributed by atoms with E-state index < -0.39 is 6.04 Å². The molecule has 0 aliphatic carbocycles.